The Balaban J connectivity index is 2.09. The Kier molecular flexibility index (Phi) is 1.66. The molecule has 2 aliphatic rings. The minimum atomic E-state index is 0.361. The second kappa shape index (κ2) is 2.40. The summed E-state index contributed by atoms with van der Waals surface area (Å²) in [6.45, 7) is 5.22. The second-order valence-electron chi connectivity index (χ2n) is 3.14. The van der Waals surface area contributed by atoms with Crippen molar-refractivity contribution >= 4 is 12.0 Å². The van der Waals surface area contributed by atoms with Gasteiger partial charge in [-0.1, -0.05) is 6.92 Å². The summed E-state index contributed by atoms with van der Waals surface area (Å²) in [4.78, 5) is 0. The summed E-state index contributed by atoms with van der Waals surface area (Å²) in [5.74, 6) is 0.586. The van der Waals surface area contributed by atoms with Gasteiger partial charge in [0.1, 0.15) is 6.10 Å². The molecule has 3 heteroatoms. The van der Waals surface area contributed by atoms with Gasteiger partial charge in [0.25, 0.3) is 0 Å². The number of hydrogen-bond donors (Lipinski definition) is 0. The molecule has 0 amide bonds. The van der Waals surface area contributed by atoms with Gasteiger partial charge < -0.3 is 8.92 Å². The SMILES string of the molecule is CC1COC2C(C)SOC12. The highest BCUT2D eigenvalue weighted by Gasteiger charge is 2.44. The van der Waals surface area contributed by atoms with E-state index in [-0.39, 0.29) is 0 Å². The van der Waals surface area contributed by atoms with E-state index in [0.717, 1.165) is 6.61 Å². The summed E-state index contributed by atoms with van der Waals surface area (Å²) in [6.07, 6.45) is 0.722. The van der Waals surface area contributed by atoms with Gasteiger partial charge in [0.15, 0.2) is 0 Å². The van der Waals surface area contributed by atoms with Crippen LogP contribution in [0.2, 0.25) is 0 Å². The zero-order valence-corrected chi connectivity index (χ0v) is 7.06. The summed E-state index contributed by atoms with van der Waals surface area (Å²) in [5.41, 5.74) is 0. The molecule has 4 atom stereocenters. The van der Waals surface area contributed by atoms with Crippen molar-refractivity contribution in [2.45, 2.75) is 31.3 Å². The first kappa shape index (κ1) is 6.95. The van der Waals surface area contributed by atoms with E-state index in [2.05, 4.69) is 13.8 Å². The Labute approximate surface area is 65.5 Å². The number of ether oxygens (including phenoxy) is 1. The van der Waals surface area contributed by atoms with Crippen molar-refractivity contribution in [1.82, 2.24) is 0 Å². The van der Waals surface area contributed by atoms with Gasteiger partial charge in [0.05, 0.1) is 18.0 Å². The summed E-state index contributed by atoms with van der Waals surface area (Å²) >= 11 is 1.57. The zero-order valence-electron chi connectivity index (χ0n) is 6.24. The topological polar surface area (TPSA) is 18.5 Å². The predicted molar refractivity (Wildman–Crippen MR) is 40.8 cm³/mol. The summed E-state index contributed by atoms with van der Waals surface area (Å²) in [7, 11) is 0. The largest absolute Gasteiger partial charge is 0.374 e. The molecule has 0 bridgehead atoms. The molecule has 2 nitrogen and oxygen atoms in total. The summed E-state index contributed by atoms with van der Waals surface area (Å²) < 4.78 is 11.0. The van der Waals surface area contributed by atoms with E-state index >= 15 is 0 Å². The fraction of sp³-hybridized carbons (Fsp3) is 1.00. The van der Waals surface area contributed by atoms with Gasteiger partial charge >= 0.3 is 0 Å². The normalized spacial score (nSPS) is 53.4. The lowest BCUT2D eigenvalue weighted by Gasteiger charge is -2.09. The third-order valence-corrected chi connectivity index (χ3v) is 3.12. The molecule has 2 saturated heterocycles. The van der Waals surface area contributed by atoms with Gasteiger partial charge in [-0.25, -0.2) is 0 Å². The monoisotopic (exact) mass is 160 g/mol. The van der Waals surface area contributed by atoms with E-state index < -0.39 is 0 Å². The van der Waals surface area contributed by atoms with Crippen molar-refractivity contribution in [3.63, 3.8) is 0 Å². The third-order valence-electron chi connectivity index (χ3n) is 2.22. The molecular formula is C7H12O2S. The van der Waals surface area contributed by atoms with E-state index in [1.807, 2.05) is 0 Å². The summed E-state index contributed by atoms with van der Waals surface area (Å²) in [6, 6.07) is 0. The summed E-state index contributed by atoms with van der Waals surface area (Å²) in [5, 5.41) is 0.523. The van der Waals surface area contributed by atoms with E-state index in [0.29, 0.717) is 23.4 Å². The number of hydrogen-bond acceptors (Lipinski definition) is 3. The fourth-order valence-corrected chi connectivity index (χ4v) is 2.48. The molecule has 58 valence electrons. The average molecular weight is 160 g/mol. The first-order valence-corrected chi connectivity index (χ1v) is 4.53. The Morgan fingerprint density at radius 1 is 1.30 bits per heavy atom. The molecule has 0 aromatic rings. The van der Waals surface area contributed by atoms with E-state index in [4.69, 9.17) is 8.92 Å². The molecule has 2 aliphatic heterocycles. The molecule has 0 aliphatic carbocycles. The predicted octanol–water partition coefficient (Wildman–Crippen LogP) is 1.46. The molecular weight excluding hydrogens is 148 g/mol. The molecule has 0 saturated carbocycles. The third kappa shape index (κ3) is 0.881. The van der Waals surface area contributed by atoms with Crippen LogP contribution >= 0.6 is 12.0 Å². The van der Waals surface area contributed by atoms with Crippen LogP contribution in [0, 0.1) is 5.92 Å². The van der Waals surface area contributed by atoms with Crippen LogP contribution in [0.1, 0.15) is 13.8 Å². The van der Waals surface area contributed by atoms with Crippen molar-refractivity contribution in [2.24, 2.45) is 5.92 Å². The Morgan fingerprint density at radius 2 is 2.10 bits per heavy atom. The van der Waals surface area contributed by atoms with Gasteiger partial charge in [-0.3, -0.25) is 0 Å². The standard InChI is InChI=1S/C7H12O2S/c1-4-3-8-7-5(2)10-9-6(4)7/h4-7H,3H2,1-2H3. The van der Waals surface area contributed by atoms with E-state index in [1.54, 1.807) is 12.0 Å². The fourth-order valence-electron chi connectivity index (χ4n) is 1.54. The maximum atomic E-state index is 5.56. The van der Waals surface area contributed by atoms with Gasteiger partial charge in [-0.05, 0) is 19.0 Å². The van der Waals surface area contributed by atoms with Crippen molar-refractivity contribution in [3.8, 4) is 0 Å². The average Bonchev–Trinajstić information content (AvgIpc) is 2.41. The minimum Gasteiger partial charge on any atom is -0.374 e. The van der Waals surface area contributed by atoms with Crippen LogP contribution in [-0.2, 0) is 8.92 Å². The van der Waals surface area contributed by atoms with Crippen LogP contribution < -0.4 is 0 Å². The molecule has 4 unspecified atom stereocenters. The lowest BCUT2D eigenvalue weighted by Crippen LogP contribution is -2.25. The van der Waals surface area contributed by atoms with Crippen LogP contribution in [0.5, 0.6) is 0 Å². The molecule has 0 aromatic heterocycles. The van der Waals surface area contributed by atoms with Gasteiger partial charge in [-0.15, -0.1) is 0 Å². The highest BCUT2D eigenvalue weighted by molar-refractivity contribution is 7.95. The highest BCUT2D eigenvalue weighted by Crippen LogP contribution is 2.39. The molecule has 2 fully saturated rings. The Hall–Kier alpha value is 0.270. The molecule has 10 heavy (non-hydrogen) atoms. The van der Waals surface area contributed by atoms with Crippen molar-refractivity contribution in [2.75, 3.05) is 6.61 Å². The van der Waals surface area contributed by atoms with Crippen molar-refractivity contribution in [1.29, 1.82) is 0 Å². The second-order valence-corrected chi connectivity index (χ2v) is 4.27. The lowest BCUT2D eigenvalue weighted by atomic mass is 10.0. The van der Waals surface area contributed by atoms with Gasteiger partial charge in [0.2, 0.25) is 0 Å². The maximum Gasteiger partial charge on any atom is 0.104 e. The van der Waals surface area contributed by atoms with E-state index in [1.165, 1.54) is 0 Å². The van der Waals surface area contributed by atoms with Crippen LogP contribution in [-0.4, -0.2) is 24.1 Å². The minimum absolute atomic E-state index is 0.361. The smallest absolute Gasteiger partial charge is 0.104 e. The van der Waals surface area contributed by atoms with Gasteiger partial charge in [-0.2, -0.15) is 0 Å². The van der Waals surface area contributed by atoms with Crippen LogP contribution in [0.3, 0.4) is 0 Å². The van der Waals surface area contributed by atoms with Crippen molar-refractivity contribution < 1.29 is 8.92 Å². The number of rotatable bonds is 0. The first-order valence-electron chi connectivity index (χ1n) is 3.73. The first-order chi connectivity index (χ1) is 4.79. The lowest BCUT2D eigenvalue weighted by molar-refractivity contribution is 0.0827. The van der Waals surface area contributed by atoms with Crippen molar-refractivity contribution in [3.05, 3.63) is 0 Å². The van der Waals surface area contributed by atoms with Crippen LogP contribution in [0.25, 0.3) is 0 Å². The molecule has 0 aromatic carbocycles. The highest BCUT2D eigenvalue weighted by atomic mass is 32.2. The Morgan fingerprint density at radius 3 is 2.80 bits per heavy atom. The molecule has 2 rings (SSSR count). The zero-order chi connectivity index (χ0) is 7.14. The van der Waals surface area contributed by atoms with E-state index in [9.17, 15) is 0 Å². The van der Waals surface area contributed by atoms with Crippen LogP contribution in [0.15, 0.2) is 0 Å². The molecule has 0 radical (unpaired) electrons. The quantitative estimate of drug-likeness (QED) is 0.500. The Bertz CT molecular complexity index is 124. The molecule has 0 spiro atoms. The molecule has 2 heterocycles. The van der Waals surface area contributed by atoms with Crippen LogP contribution in [0.4, 0.5) is 0 Å². The maximum absolute atomic E-state index is 5.56. The number of fused-ring (bicyclic) bond motifs is 1. The van der Waals surface area contributed by atoms with Gasteiger partial charge in [0, 0.05) is 5.92 Å². The molecule has 0 N–H and O–H groups in total.